The van der Waals surface area contributed by atoms with Crippen LogP contribution in [-0.4, -0.2) is 36.7 Å². The van der Waals surface area contributed by atoms with Crippen LogP contribution in [0.25, 0.3) is 0 Å². The van der Waals surface area contributed by atoms with Crippen molar-refractivity contribution in [3.05, 3.63) is 35.9 Å². The number of ether oxygens (including phenoxy) is 1. The fourth-order valence-electron chi connectivity index (χ4n) is 3.66. The Labute approximate surface area is 122 Å². The van der Waals surface area contributed by atoms with Crippen LogP contribution in [0.2, 0.25) is 0 Å². The molecule has 1 aromatic rings. The Morgan fingerprint density at radius 3 is 2.95 bits per heavy atom. The molecule has 0 aromatic heterocycles. The average molecular weight is 274 g/mol. The van der Waals surface area contributed by atoms with Crippen LogP contribution in [0.15, 0.2) is 30.3 Å². The summed E-state index contributed by atoms with van der Waals surface area (Å²) in [4.78, 5) is 2.64. The van der Waals surface area contributed by atoms with Gasteiger partial charge in [0.25, 0.3) is 0 Å². The van der Waals surface area contributed by atoms with E-state index in [9.17, 15) is 0 Å². The van der Waals surface area contributed by atoms with Gasteiger partial charge in [-0.3, -0.25) is 4.90 Å². The number of rotatable bonds is 5. The molecule has 0 radical (unpaired) electrons. The first kappa shape index (κ1) is 14.1. The molecule has 1 aliphatic carbocycles. The lowest BCUT2D eigenvalue weighted by atomic mass is 10.0. The van der Waals surface area contributed by atoms with Crippen molar-refractivity contribution in [3.8, 4) is 0 Å². The van der Waals surface area contributed by atoms with E-state index in [2.05, 4.69) is 29.2 Å². The highest BCUT2D eigenvalue weighted by Crippen LogP contribution is 2.30. The molecule has 1 saturated carbocycles. The van der Waals surface area contributed by atoms with Crippen molar-refractivity contribution in [2.75, 3.05) is 19.7 Å². The minimum absolute atomic E-state index is 0.177. The number of fused-ring (bicyclic) bond motifs is 1. The fourth-order valence-corrected chi connectivity index (χ4v) is 3.66. The number of nitrogens with two attached hydrogens (primary N) is 1. The maximum absolute atomic E-state index is 6.27. The number of hydrogen-bond donors (Lipinski definition) is 1. The van der Waals surface area contributed by atoms with E-state index in [4.69, 9.17) is 10.5 Å². The molecule has 110 valence electrons. The van der Waals surface area contributed by atoms with Crippen molar-refractivity contribution < 1.29 is 4.74 Å². The summed E-state index contributed by atoms with van der Waals surface area (Å²) in [6, 6.07) is 11.3. The van der Waals surface area contributed by atoms with Crippen molar-refractivity contribution in [1.82, 2.24) is 4.90 Å². The average Bonchev–Trinajstić information content (AvgIpc) is 2.97. The predicted octanol–water partition coefficient (Wildman–Crippen LogP) is 2.72. The van der Waals surface area contributed by atoms with E-state index >= 15 is 0 Å². The van der Waals surface area contributed by atoms with Gasteiger partial charge in [0.05, 0.1) is 12.7 Å². The highest BCUT2D eigenvalue weighted by molar-refractivity contribution is 5.18. The monoisotopic (exact) mass is 274 g/mol. The molecule has 3 unspecified atom stereocenters. The van der Waals surface area contributed by atoms with Gasteiger partial charge >= 0.3 is 0 Å². The van der Waals surface area contributed by atoms with E-state index in [0.29, 0.717) is 12.1 Å². The Kier molecular flexibility index (Phi) is 4.71. The molecule has 2 N–H and O–H groups in total. The number of nitrogens with zero attached hydrogens (tertiary/aromatic N) is 1. The smallest absolute Gasteiger partial charge is 0.0730 e. The molecule has 0 amide bonds. The number of hydrogen-bond acceptors (Lipinski definition) is 3. The summed E-state index contributed by atoms with van der Waals surface area (Å²) < 4.78 is 5.86. The third-order valence-corrected chi connectivity index (χ3v) is 4.79. The van der Waals surface area contributed by atoms with E-state index in [1.54, 1.807) is 0 Å². The molecule has 1 aromatic carbocycles. The van der Waals surface area contributed by atoms with Crippen molar-refractivity contribution in [2.45, 2.75) is 50.3 Å². The predicted molar refractivity (Wildman–Crippen MR) is 81.6 cm³/mol. The second-order valence-corrected chi connectivity index (χ2v) is 6.10. The zero-order valence-electron chi connectivity index (χ0n) is 12.2. The molecule has 1 aliphatic heterocycles. The maximum atomic E-state index is 6.27. The standard InChI is InChI=1S/C17H26N2O/c18-15(14-6-2-1-3-7-14)8-5-11-19-12-13-20-17-10-4-9-16(17)19/h1-3,6-7,15-17H,4-5,8-13,18H2. The molecule has 3 heteroatoms. The van der Waals surface area contributed by atoms with E-state index in [1.807, 2.05) is 6.07 Å². The summed E-state index contributed by atoms with van der Waals surface area (Å²) in [7, 11) is 0. The summed E-state index contributed by atoms with van der Waals surface area (Å²) in [6.45, 7) is 3.18. The van der Waals surface area contributed by atoms with Gasteiger partial charge in [-0.2, -0.15) is 0 Å². The van der Waals surface area contributed by atoms with Crippen LogP contribution in [0, 0.1) is 0 Å². The highest BCUT2D eigenvalue weighted by atomic mass is 16.5. The largest absolute Gasteiger partial charge is 0.375 e. The second-order valence-electron chi connectivity index (χ2n) is 6.10. The van der Waals surface area contributed by atoms with Crippen LogP contribution < -0.4 is 5.73 Å². The van der Waals surface area contributed by atoms with Gasteiger partial charge in [-0.1, -0.05) is 30.3 Å². The SMILES string of the molecule is NC(CCCN1CCOC2CCCC21)c1ccccc1. The molecular formula is C17H26N2O. The molecule has 3 rings (SSSR count). The summed E-state index contributed by atoms with van der Waals surface area (Å²) >= 11 is 0. The quantitative estimate of drug-likeness (QED) is 0.897. The van der Waals surface area contributed by atoms with Crippen LogP contribution in [0.3, 0.4) is 0 Å². The molecule has 2 aliphatic rings. The first-order chi connectivity index (χ1) is 9.84. The molecule has 0 spiro atoms. The first-order valence-electron chi connectivity index (χ1n) is 8.01. The van der Waals surface area contributed by atoms with Gasteiger partial charge in [-0.05, 0) is 44.2 Å². The third kappa shape index (κ3) is 3.22. The molecule has 3 atom stereocenters. The number of morpholine rings is 1. The van der Waals surface area contributed by atoms with Gasteiger partial charge in [0, 0.05) is 18.6 Å². The van der Waals surface area contributed by atoms with Gasteiger partial charge in [-0.25, -0.2) is 0 Å². The van der Waals surface area contributed by atoms with Crippen LogP contribution in [-0.2, 0) is 4.74 Å². The zero-order valence-corrected chi connectivity index (χ0v) is 12.2. The topological polar surface area (TPSA) is 38.5 Å². The number of benzene rings is 1. The van der Waals surface area contributed by atoms with Gasteiger partial charge < -0.3 is 10.5 Å². The highest BCUT2D eigenvalue weighted by Gasteiger charge is 2.35. The molecule has 1 saturated heterocycles. The molecular weight excluding hydrogens is 248 g/mol. The molecule has 1 heterocycles. The minimum Gasteiger partial charge on any atom is -0.375 e. The fraction of sp³-hybridized carbons (Fsp3) is 0.647. The molecule has 20 heavy (non-hydrogen) atoms. The summed E-state index contributed by atoms with van der Waals surface area (Å²) in [5.41, 5.74) is 7.53. The minimum atomic E-state index is 0.177. The Hall–Kier alpha value is -0.900. The first-order valence-corrected chi connectivity index (χ1v) is 8.01. The van der Waals surface area contributed by atoms with Gasteiger partial charge in [-0.15, -0.1) is 0 Å². The lowest BCUT2D eigenvalue weighted by Gasteiger charge is -2.37. The van der Waals surface area contributed by atoms with Crippen molar-refractivity contribution >= 4 is 0 Å². The molecule has 3 nitrogen and oxygen atoms in total. The van der Waals surface area contributed by atoms with Crippen molar-refractivity contribution in [3.63, 3.8) is 0 Å². The molecule has 0 bridgehead atoms. The van der Waals surface area contributed by atoms with Crippen molar-refractivity contribution in [1.29, 1.82) is 0 Å². The van der Waals surface area contributed by atoms with Crippen LogP contribution in [0.5, 0.6) is 0 Å². The normalized spacial score (nSPS) is 28.2. The van der Waals surface area contributed by atoms with Crippen LogP contribution in [0.4, 0.5) is 0 Å². The van der Waals surface area contributed by atoms with E-state index < -0.39 is 0 Å². The van der Waals surface area contributed by atoms with E-state index in [-0.39, 0.29) is 6.04 Å². The van der Waals surface area contributed by atoms with Crippen molar-refractivity contribution in [2.24, 2.45) is 5.73 Å². The maximum Gasteiger partial charge on any atom is 0.0730 e. The lowest BCUT2D eigenvalue weighted by Crippen LogP contribution is -2.48. The summed E-state index contributed by atoms with van der Waals surface area (Å²) in [5, 5.41) is 0. The second kappa shape index (κ2) is 6.70. The van der Waals surface area contributed by atoms with Crippen LogP contribution >= 0.6 is 0 Å². The molecule has 2 fully saturated rings. The van der Waals surface area contributed by atoms with Gasteiger partial charge in [0.1, 0.15) is 0 Å². The Balaban J connectivity index is 1.45. The van der Waals surface area contributed by atoms with E-state index in [0.717, 1.165) is 19.6 Å². The zero-order chi connectivity index (χ0) is 13.8. The summed E-state index contributed by atoms with van der Waals surface area (Å²) in [5.74, 6) is 0. The lowest BCUT2D eigenvalue weighted by molar-refractivity contribution is -0.0559. The van der Waals surface area contributed by atoms with Gasteiger partial charge in [0.15, 0.2) is 0 Å². The Bertz CT molecular complexity index is 409. The van der Waals surface area contributed by atoms with Gasteiger partial charge in [0.2, 0.25) is 0 Å². The Morgan fingerprint density at radius 2 is 2.10 bits per heavy atom. The Morgan fingerprint density at radius 1 is 1.25 bits per heavy atom. The third-order valence-electron chi connectivity index (χ3n) is 4.79. The van der Waals surface area contributed by atoms with Crippen LogP contribution in [0.1, 0.15) is 43.7 Å². The summed E-state index contributed by atoms with van der Waals surface area (Å²) in [6.07, 6.45) is 6.65. The van der Waals surface area contributed by atoms with E-state index in [1.165, 1.54) is 37.8 Å².